The van der Waals surface area contributed by atoms with Gasteiger partial charge in [0.25, 0.3) is 5.91 Å². The van der Waals surface area contributed by atoms with Crippen LogP contribution in [0.15, 0.2) is 47.8 Å². The van der Waals surface area contributed by atoms with Gasteiger partial charge in [0, 0.05) is 34.4 Å². The van der Waals surface area contributed by atoms with E-state index in [2.05, 4.69) is 20.8 Å². The third kappa shape index (κ3) is 4.89. The van der Waals surface area contributed by atoms with Gasteiger partial charge < -0.3 is 5.32 Å². The number of hydrogen-bond donors (Lipinski definition) is 2. The number of hydrogen-bond acceptors (Lipinski definition) is 4. The second-order valence-electron chi connectivity index (χ2n) is 5.16. The first-order valence-corrected chi connectivity index (χ1v) is 7.63. The number of rotatable bonds is 5. The molecular weight excluding hydrogens is 328 g/mol. The first-order valence-electron chi connectivity index (χ1n) is 7.26. The molecule has 124 valence electrons. The van der Waals surface area contributed by atoms with E-state index in [9.17, 15) is 9.59 Å². The van der Waals surface area contributed by atoms with Gasteiger partial charge in [-0.05, 0) is 43.7 Å². The lowest BCUT2D eigenvalue weighted by molar-refractivity contribution is -0.115. The summed E-state index contributed by atoms with van der Waals surface area (Å²) in [6.07, 6.45) is 3.10. The summed E-state index contributed by atoms with van der Waals surface area (Å²) >= 11 is 6.02. The molecule has 0 saturated carbocycles. The van der Waals surface area contributed by atoms with Crippen LogP contribution in [0.25, 0.3) is 0 Å². The van der Waals surface area contributed by atoms with Crippen LogP contribution in [-0.4, -0.2) is 22.5 Å². The van der Waals surface area contributed by atoms with Crippen molar-refractivity contribution in [3.63, 3.8) is 0 Å². The van der Waals surface area contributed by atoms with Crippen LogP contribution >= 0.6 is 11.6 Å². The molecular formula is C17H17ClN4O2. The van der Waals surface area contributed by atoms with Crippen molar-refractivity contribution in [2.24, 2.45) is 5.10 Å². The maximum atomic E-state index is 12.0. The molecule has 1 aromatic heterocycles. The Morgan fingerprint density at radius 1 is 1.21 bits per heavy atom. The molecule has 0 atom stereocenters. The Bertz CT molecular complexity index is 775. The van der Waals surface area contributed by atoms with Crippen molar-refractivity contribution >= 4 is 34.8 Å². The summed E-state index contributed by atoms with van der Waals surface area (Å²) in [6.45, 7) is 3.49. The fourth-order valence-electron chi connectivity index (χ4n) is 1.92. The van der Waals surface area contributed by atoms with Crippen molar-refractivity contribution in [3.8, 4) is 0 Å². The maximum Gasteiger partial charge on any atom is 0.271 e. The van der Waals surface area contributed by atoms with E-state index in [-0.39, 0.29) is 18.2 Å². The van der Waals surface area contributed by atoms with Crippen LogP contribution in [0.5, 0.6) is 0 Å². The number of nitrogens with one attached hydrogen (secondary N) is 2. The molecule has 0 saturated heterocycles. The standard InChI is InChI=1S/C17H17ClN4O2/c1-11(21-22-17(24)13-6-8-19-9-7-13)10-16(23)20-15-5-3-4-14(18)12(15)2/h3-9H,10H2,1-2H3,(H,20,23)(H,22,24)/b21-11-. The normalized spacial score (nSPS) is 11.0. The maximum absolute atomic E-state index is 12.0. The van der Waals surface area contributed by atoms with Gasteiger partial charge in [-0.25, -0.2) is 5.43 Å². The van der Waals surface area contributed by atoms with Gasteiger partial charge in [0.15, 0.2) is 0 Å². The molecule has 6 nitrogen and oxygen atoms in total. The molecule has 0 unspecified atom stereocenters. The van der Waals surface area contributed by atoms with Crippen molar-refractivity contribution < 1.29 is 9.59 Å². The highest BCUT2D eigenvalue weighted by Gasteiger charge is 2.09. The smallest absolute Gasteiger partial charge is 0.271 e. The number of aromatic nitrogens is 1. The van der Waals surface area contributed by atoms with Crippen LogP contribution in [0, 0.1) is 6.92 Å². The fraction of sp³-hybridized carbons (Fsp3) is 0.176. The second kappa shape index (κ2) is 8.21. The molecule has 2 rings (SSSR count). The largest absolute Gasteiger partial charge is 0.325 e. The first-order chi connectivity index (χ1) is 11.5. The van der Waals surface area contributed by atoms with Crippen molar-refractivity contribution in [1.82, 2.24) is 10.4 Å². The first kappa shape index (κ1) is 17.6. The molecule has 2 amide bonds. The number of pyridine rings is 1. The van der Waals surface area contributed by atoms with Gasteiger partial charge >= 0.3 is 0 Å². The van der Waals surface area contributed by atoms with Gasteiger partial charge in [0.05, 0.1) is 6.42 Å². The number of benzene rings is 1. The number of halogens is 1. The summed E-state index contributed by atoms with van der Waals surface area (Å²) in [5.74, 6) is -0.595. The highest BCUT2D eigenvalue weighted by atomic mass is 35.5. The van der Waals surface area contributed by atoms with E-state index >= 15 is 0 Å². The Labute approximate surface area is 144 Å². The van der Waals surface area contributed by atoms with Gasteiger partial charge in [-0.3, -0.25) is 14.6 Å². The number of amides is 2. The van der Waals surface area contributed by atoms with Crippen LogP contribution in [0.4, 0.5) is 5.69 Å². The number of nitrogens with zero attached hydrogens (tertiary/aromatic N) is 2. The Morgan fingerprint density at radius 2 is 1.92 bits per heavy atom. The zero-order valence-corrected chi connectivity index (χ0v) is 14.1. The monoisotopic (exact) mass is 344 g/mol. The molecule has 0 aliphatic carbocycles. The second-order valence-corrected chi connectivity index (χ2v) is 5.57. The van der Waals surface area contributed by atoms with Gasteiger partial charge in [-0.2, -0.15) is 5.10 Å². The summed E-state index contributed by atoms with van der Waals surface area (Å²) < 4.78 is 0. The molecule has 0 fully saturated rings. The zero-order chi connectivity index (χ0) is 17.5. The van der Waals surface area contributed by atoms with Crippen LogP contribution in [0.1, 0.15) is 29.3 Å². The summed E-state index contributed by atoms with van der Waals surface area (Å²) in [7, 11) is 0. The average Bonchev–Trinajstić information content (AvgIpc) is 2.57. The third-order valence-electron chi connectivity index (χ3n) is 3.25. The van der Waals surface area contributed by atoms with Crippen LogP contribution in [0.2, 0.25) is 5.02 Å². The lowest BCUT2D eigenvalue weighted by atomic mass is 10.2. The van der Waals surface area contributed by atoms with E-state index in [1.54, 1.807) is 37.3 Å². The highest BCUT2D eigenvalue weighted by Crippen LogP contribution is 2.22. The zero-order valence-electron chi connectivity index (χ0n) is 13.3. The molecule has 24 heavy (non-hydrogen) atoms. The van der Waals surface area contributed by atoms with E-state index in [0.717, 1.165) is 5.56 Å². The number of carbonyl (C=O) groups is 2. The Balaban J connectivity index is 1.91. The summed E-state index contributed by atoms with van der Waals surface area (Å²) in [4.78, 5) is 27.7. The van der Waals surface area contributed by atoms with E-state index < -0.39 is 0 Å². The molecule has 1 heterocycles. The van der Waals surface area contributed by atoms with Crippen molar-refractivity contribution in [1.29, 1.82) is 0 Å². The molecule has 2 N–H and O–H groups in total. The average molecular weight is 345 g/mol. The van der Waals surface area contributed by atoms with Crippen molar-refractivity contribution in [2.75, 3.05) is 5.32 Å². The van der Waals surface area contributed by atoms with E-state index in [1.807, 2.05) is 6.92 Å². The number of hydrazone groups is 1. The highest BCUT2D eigenvalue weighted by molar-refractivity contribution is 6.31. The van der Waals surface area contributed by atoms with Gasteiger partial charge in [0.2, 0.25) is 5.91 Å². The molecule has 0 radical (unpaired) electrons. The van der Waals surface area contributed by atoms with Crippen LogP contribution in [0.3, 0.4) is 0 Å². The summed E-state index contributed by atoms with van der Waals surface area (Å²) in [5, 5.41) is 7.29. The lowest BCUT2D eigenvalue weighted by Crippen LogP contribution is -2.21. The van der Waals surface area contributed by atoms with Crippen molar-refractivity contribution in [3.05, 3.63) is 58.9 Å². The Morgan fingerprint density at radius 3 is 2.62 bits per heavy atom. The van der Waals surface area contributed by atoms with Gasteiger partial charge in [0.1, 0.15) is 0 Å². The van der Waals surface area contributed by atoms with E-state index in [0.29, 0.717) is 22.0 Å². The van der Waals surface area contributed by atoms with Gasteiger partial charge in [-0.1, -0.05) is 17.7 Å². The molecule has 0 aliphatic rings. The van der Waals surface area contributed by atoms with E-state index in [4.69, 9.17) is 11.6 Å². The minimum atomic E-state index is -0.358. The SMILES string of the molecule is C/C(CC(=O)Nc1cccc(Cl)c1C)=N/NC(=O)c1ccncc1. The molecule has 0 bridgehead atoms. The molecule has 0 spiro atoms. The van der Waals surface area contributed by atoms with Crippen LogP contribution < -0.4 is 10.7 Å². The minimum absolute atomic E-state index is 0.0581. The predicted octanol–water partition coefficient (Wildman–Crippen LogP) is 3.18. The summed E-state index contributed by atoms with van der Waals surface area (Å²) in [6, 6.07) is 8.45. The van der Waals surface area contributed by atoms with E-state index in [1.165, 1.54) is 12.4 Å². The lowest BCUT2D eigenvalue weighted by Gasteiger charge is -2.09. The number of anilines is 1. The predicted molar refractivity (Wildman–Crippen MR) is 94.2 cm³/mol. The Hall–Kier alpha value is -2.73. The van der Waals surface area contributed by atoms with Crippen LogP contribution in [-0.2, 0) is 4.79 Å². The topological polar surface area (TPSA) is 83.5 Å². The third-order valence-corrected chi connectivity index (χ3v) is 3.66. The quantitative estimate of drug-likeness (QED) is 0.645. The fourth-order valence-corrected chi connectivity index (χ4v) is 2.10. The van der Waals surface area contributed by atoms with Crippen molar-refractivity contribution in [2.45, 2.75) is 20.3 Å². The molecule has 7 heteroatoms. The molecule has 0 aliphatic heterocycles. The van der Waals surface area contributed by atoms with Gasteiger partial charge in [-0.15, -0.1) is 0 Å². The molecule has 1 aromatic carbocycles. The minimum Gasteiger partial charge on any atom is -0.325 e. The molecule has 2 aromatic rings. The summed E-state index contributed by atoms with van der Waals surface area (Å²) in [5.41, 5.74) is 4.79. The number of carbonyl (C=O) groups excluding carboxylic acids is 2. The Kier molecular flexibility index (Phi) is 6.03.